The molecule has 2 aromatic carbocycles. The molecule has 8 heteroatoms. The number of benzene rings is 2. The number of furan rings is 1. The number of amides is 1. The Balaban J connectivity index is 1.54. The van der Waals surface area contributed by atoms with E-state index in [1.54, 1.807) is 48.5 Å². The maximum absolute atomic E-state index is 12.3. The maximum atomic E-state index is 12.3. The third-order valence-electron chi connectivity index (χ3n) is 3.45. The number of fused-ring (bicyclic) bond motifs is 1. The van der Waals surface area contributed by atoms with E-state index >= 15 is 0 Å². The molecular formula is C16H10ClN5O2. The summed E-state index contributed by atoms with van der Waals surface area (Å²) < 4.78 is 5.54. The van der Waals surface area contributed by atoms with Crippen LogP contribution in [-0.4, -0.2) is 26.5 Å². The Morgan fingerprint density at radius 2 is 1.96 bits per heavy atom. The van der Waals surface area contributed by atoms with Gasteiger partial charge in [-0.15, -0.1) is 10.2 Å². The van der Waals surface area contributed by atoms with Gasteiger partial charge in [-0.25, -0.2) is 0 Å². The van der Waals surface area contributed by atoms with E-state index in [4.69, 9.17) is 16.0 Å². The molecule has 7 nitrogen and oxygen atoms in total. The number of H-pyrrole nitrogens is 1. The van der Waals surface area contributed by atoms with Crippen molar-refractivity contribution in [2.24, 2.45) is 0 Å². The average molecular weight is 340 g/mol. The molecule has 4 aromatic rings. The van der Waals surface area contributed by atoms with E-state index in [0.717, 1.165) is 10.9 Å². The Hall–Kier alpha value is -3.19. The average Bonchev–Trinajstić information content (AvgIpc) is 3.24. The van der Waals surface area contributed by atoms with Gasteiger partial charge in [0.15, 0.2) is 5.76 Å². The lowest BCUT2D eigenvalue weighted by molar-refractivity contribution is 0.0998. The summed E-state index contributed by atoms with van der Waals surface area (Å²) >= 11 is 5.94. The summed E-state index contributed by atoms with van der Waals surface area (Å²) in [6.07, 6.45) is 0. The normalized spacial score (nSPS) is 10.9. The number of nitrogens with zero attached hydrogens (tertiary/aromatic N) is 3. The van der Waals surface area contributed by atoms with Crippen LogP contribution in [0, 0.1) is 0 Å². The zero-order valence-corrected chi connectivity index (χ0v) is 12.9. The van der Waals surface area contributed by atoms with Gasteiger partial charge in [-0.3, -0.25) is 4.79 Å². The summed E-state index contributed by atoms with van der Waals surface area (Å²) in [6, 6.07) is 13.9. The van der Waals surface area contributed by atoms with Gasteiger partial charge >= 0.3 is 0 Å². The van der Waals surface area contributed by atoms with E-state index in [2.05, 4.69) is 25.9 Å². The second kappa shape index (κ2) is 5.78. The molecule has 0 spiro atoms. The number of tetrazole rings is 1. The summed E-state index contributed by atoms with van der Waals surface area (Å²) in [5.41, 5.74) is 2.03. The highest BCUT2D eigenvalue weighted by Gasteiger charge is 2.13. The van der Waals surface area contributed by atoms with Gasteiger partial charge in [0.25, 0.3) is 5.91 Å². The van der Waals surface area contributed by atoms with E-state index in [-0.39, 0.29) is 11.7 Å². The molecule has 0 saturated heterocycles. The number of carbonyl (C=O) groups is 1. The SMILES string of the molecule is O=C(Nc1ccc(-c2nn[nH]n2)cc1)c1cc2cc(Cl)ccc2o1. The Labute approximate surface area is 140 Å². The standard InChI is InChI=1S/C16H10ClN5O2/c17-11-3-6-13-10(7-11)8-14(24-13)16(23)18-12-4-1-9(2-5-12)15-19-21-22-20-15/h1-8H,(H,18,23)(H,19,20,21,22). The third kappa shape index (κ3) is 2.72. The number of aromatic nitrogens is 4. The van der Waals surface area contributed by atoms with Crippen molar-refractivity contribution >= 4 is 34.2 Å². The summed E-state index contributed by atoms with van der Waals surface area (Å²) in [5, 5.41) is 17.8. The molecule has 0 aliphatic heterocycles. The first-order valence-electron chi connectivity index (χ1n) is 7.03. The fourth-order valence-electron chi connectivity index (χ4n) is 2.31. The quantitative estimate of drug-likeness (QED) is 0.595. The number of aromatic amines is 1. The van der Waals surface area contributed by atoms with Crippen LogP contribution < -0.4 is 5.32 Å². The van der Waals surface area contributed by atoms with Gasteiger partial charge in [-0.2, -0.15) is 5.21 Å². The molecule has 0 saturated carbocycles. The number of rotatable bonds is 3. The molecule has 2 heterocycles. The minimum absolute atomic E-state index is 0.217. The molecule has 2 aromatic heterocycles. The highest BCUT2D eigenvalue weighted by Crippen LogP contribution is 2.24. The highest BCUT2D eigenvalue weighted by molar-refractivity contribution is 6.31. The van der Waals surface area contributed by atoms with E-state index < -0.39 is 0 Å². The van der Waals surface area contributed by atoms with Gasteiger partial charge in [0.05, 0.1) is 0 Å². The van der Waals surface area contributed by atoms with Crippen LogP contribution in [0.4, 0.5) is 5.69 Å². The Bertz CT molecular complexity index is 1010. The van der Waals surface area contributed by atoms with Crippen LogP contribution in [0.3, 0.4) is 0 Å². The lowest BCUT2D eigenvalue weighted by atomic mass is 10.2. The van der Waals surface area contributed by atoms with Crippen molar-refractivity contribution in [2.45, 2.75) is 0 Å². The van der Waals surface area contributed by atoms with E-state index in [1.807, 2.05) is 0 Å². The van der Waals surface area contributed by atoms with Gasteiger partial charge in [0.1, 0.15) is 5.58 Å². The monoisotopic (exact) mass is 339 g/mol. The van der Waals surface area contributed by atoms with Crippen molar-refractivity contribution in [3.63, 3.8) is 0 Å². The van der Waals surface area contributed by atoms with Crippen molar-refractivity contribution < 1.29 is 9.21 Å². The lowest BCUT2D eigenvalue weighted by Gasteiger charge is -2.03. The molecule has 1 amide bonds. The van der Waals surface area contributed by atoms with Gasteiger partial charge < -0.3 is 9.73 Å². The predicted octanol–water partition coefficient (Wildman–Crippen LogP) is 3.52. The fraction of sp³-hybridized carbons (Fsp3) is 0. The molecule has 0 atom stereocenters. The van der Waals surface area contributed by atoms with Gasteiger partial charge in [-0.1, -0.05) is 11.6 Å². The first kappa shape index (κ1) is 14.4. The second-order valence-corrected chi connectivity index (χ2v) is 5.50. The van der Waals surface area contributed by atoms with Gasteiger partial charge in [0, 0.05) is 21.7 Å². The molecule has 0 unspecified atom stereocenters. The zero-order valence-electron chi connectivity index (χ0n) is 12.2. The third-order valence-corrected chi connectivity index (χ3v) is 3.68. The number of nitrogens with one attached hydrogen (secondary N) is 2. The van der Waals surface area contributed by atoms with Crippen LogP contribution in [0.25, 0.3) is 22.4 Å². The van der Waals surface area contributed by atoms with Crippen molar-refractivity contribution in [2.75, 3.05) is 5.32 Å². The summed E-state index contributed by atoms with van der Waals surface area (Å²) in [5.74, 6) is 0.367. The molecule has 4 rings (SSSR count). The van der Waals surface area contributed by atoms with Gasteiger partial charge in [0.2, 0.25) is 5.82 Å². The number of carbonyl (C=O) groups excluding carboxylic acids is 1. The summed E-state index contributed by atoms with van der Waals surface area (Å²) in [7, 11) is 0. The molecule has 0 aliphatic rings. The molecule has 2 N–H and O–H groups in total. The smallest absolute Gasteiger partial charge is 0.291 e. The van der Waals surface area contributed by atoms with Crippen molar-refractivity contribution in [3.8, 4) is 11.4 Å². The largest absolute Gasteiger partial charge is 0.451 e. The van der Waals surface area contributed by atoms with Crippen molar-refractivity contribution in [1.29, 1.82) is 0 Å². The molecule has 118 valence electrons. The van der Waals surface area contributed by atoms with Crippen LogP contribution in [0.15, 0.2) is 52.9 Å². The number of anilines is 1. The first-order valence-corrected chi connectivity index (χ1v) is 7.41. The van der Waals surface area contributed by atoms with Crippen LogP contribution in [-0.2, 0) is 0 Å². The summed E-state index contributed by atoms with van der Waals surface area (Å²) in [6.45, 7) is 0. The minimum atomic E-state index is -0.338. The molecule has 0 aliphatic carbocycles. The topological polar surface area (TPSA) is 96.7 Å². The predicted molar refractivity (Wildman–Crippen MR) is 88.8 cm³/mol. The lowest BCUT2D eigenvalue weighted by Crippen LogP contribution is -2.10. The van der Waals surface area contributed by atoms with E-state index in [1.165, 1.54) is 0 Å². The minimum Gasteiger partial charge on any atom is -0.451 e. The van der Waals surface area contributed by atoms with Crippen LogP contribution in [0.1, 0.15) is 10.6 Å². The first-order chi connectivity index (χ1) is 11.7. The van der Waals surface area contributed by atoms with Gasteiger partial charge in [-0.05, 0) is 53.7 Å². The van der Waals surface area contributed by atoms with E-state index in [9.17, 15) is 4.79 Å². The molecule has 24 heavy (non-hydrogen) atoms. The maximum Gasteiger partial charge on any atom is 0.291 e. The number of halogens is 1. The van der Waals surface area contributed by atoms with Crippen molar-refractivity contribution in [3.05, 3.63) is 59.3 Å². The van der Waals surface area contributed by atoms with Crippen LogP contribution in [0.2, 0.25) is 5.02 Å². The Morgan fingerprint density at radius 1 is 1.12 bits per heavy atom. The van der Waals surface area contributed by atoms with E-state index in [0.29, 0.717) is 22.1 Å². The molecule has 0 fully saturated rings. The Kier molecular flexibility index (Phi) is 3.47. The van der Waals surface area contributed by atoms with Crippen LogP contribution in [0.5, 0.6) is 0 Å². The summed E-state index contributed by atoms with van der Waals surface area (Å²) in [4.78, 5) is 12.3. The van der Waals surface area contributed by atoms with Crippen molar-refractivity contribution in [1.82, 2.24) is 20.6 Å². The molecule has 0 radical (unpaired) electrons. The number of hydrogen-bond acceptors (Lipinski definition) is 5. The molecular weight excluding hydrogens is 330 g/mol. The molecule has 0 bridgehead atoms. The number of hydrogen-bond donors (Lipinski definition) is 2. The fourth-order valence-corrected chi connectivity index (χ4v) is 2.49. The second-order valence-electron chi connectivity index (χ2n) is 5.06. The van der Waals surface area contributed by atoms with Crippen LogP contribution >= 0.6 is 11.6 Å². The Morgan fingerprint density at radius 3 is 2.71 bits per heavy atom. The zero-order chi connectivity index (χ0) is 16.5. The highest BCUT2D eigenvalue weighted by atomic mass is 35.5.